The Labute approximate surface area is 101 Å². The molecule has 1 radical (unpaired) electrons. The van der Waals surface area contributed by atoms with E-state index in [0.29, 0.717) is 0 Å². The van der Waals surface area contributed by atoms with E-state index in [1.165, 1.54) is 6.42 Å². The summed E-state index contributed by atoms with van der Waals surface area (Å²) in [4.78, 5) is 0. The van der Waals surface area contributed by atoms with Crippen molar-refractivity contribution in [2.45, 2.75) is 32.6 Å². The van der Waals surface area contributed by atoms with Gasteiger partial charge in [0, 0.05) is 32.7 Å². The summed E-state index contributed by atoms with van der Waals surface area (Å²) < 4.78 is 0. The first-order chi connectivity index (χ1) is 5.36. The van der Waals surface area contributed by atoms with Gasteiger partial charge in [-0.15, -0.1) is 0 Å². The van der Waals surface area contributed by atoms with Gasteiger partial charge in [-0.1, -0.05) is 44.4 Å². The number of hydrogen-bond acceptors (Lipinski definition) is 0. The van der Waals surface area contributed by atoms with E-state index in [9.17, 15) is 0 Å². The molecule has 5 atom stereocenters. The van der Waals surface area contributed by atoms with Crippen LogP contribution in [-0.2, 0) is 32.7 Å². The predicted octanol–water partition coefficient (Wildman–Crippen LogP) is 2.89. The largest absolute Gasteiger partial charge is 0.322 e. The third kappa shape index (κ3) is 1.17. The molecule has 0 N–H and O–H groups in total. The van der Waals surface area contributed by atoms with Crippen molar-refractivity contribution in [3.05, 3.63) is 6.42 Å². The van der Waals surface area contributed by atoms with Crippen LogP contribution in [-0.4, -0.2) is 0 Å². The normalized spacial score (nSPS) is 55.2. The minimum Gasteiger partial charge on any atom is -0.322 e. The van der Waals surface area contributed by atoms with Crippen molar-refractivity contribution in [1.29, 1.82) is 0 Å². The molecule has 3 rings (SSSR count). The first-order valence-corrected chi connectivity index (χ1v) is 5.21. The predicted molar refractivity (Wildman–Crippen MR) is 45.9 cm³/mol. The SMILES string of the molecule is CC1[CH-]C2CC1C1CCCC21.[Y]. The maximum Gasteiger partial charge on any atom is 0 e. The summed E-state index contributed by atoms with van der Waals surface area (Å²) in [6.07, 6.45) is 8.84. The fourth-order valence-electron chi connectivity index (χ4n) is 4.10. The maximum atomic E-state index is 2.65. The monoisotopic (exact) mass is 238 g/mol. The van der Waals surface area contributed by atoms with E-state index in [0.717, 1.165) is 29.6 Å². The third-order valence-corrected chi connectivity index (χ3v) is 4.50. The molecule has 0 aromatic heterocycles. The summed E-state index contributed by atoms with van der Waals surface area (Å²) in [5.74, 6) is 5.39. The Morgan fingerprint density at radius 2 is 1.83 bits per heavy atom. The van der Waals surface area contributed by atoms with E-state index in [1.807, 2.05) is 0 Å². The van der Waals surface area contributed by atoms with Crippen LogP contribution in [0.4, 0.5) is 0 Å². The summed E-state index contributed by atoms with van der Waals surface area (Å²) in [6, 6.07) is 0. The molecule has 12 heavy (non-hydrogen) atoms. The van der Waals surface area contributed by atoms with Crippen molar-refractivity contribution in [2.24, 2.45) is 29.6 Å². The van der Waals surface area contributed by atoms with Gasteiger partial charge in [0.15, 0.2) is 0 Å². The van der Waals surface area contributed by atoms with Gasteiger partial charge in [0.05, 0.1) is 0 Å². The van der Waals surface area contributed by atoms with Crippen LogP contribution in [0.1, 0.15) is 32.6 Å². The zero-order valence-corrected chi connectivity index (χ0v) is 10.7. The molecule has 3 saturated carbocycles. The van der Waals surface area contributed by atoms with E-state index < -0.39 is 0 Å². The van der Waals surface area contributed by atoms with Crippen LogP contribution in [0, 0.1) is 36.0 Å². The summed E-state index contributed by atoms with van der Waals surface area (Å²) in [5.41, 5.74) is 0. The van der Waals surface area contributed by atoms with Gasteiger partial charge in [-0.25, -0.2) is 0 Å². The summed E-state index contributed by atoms with van der Waals surface area (Å²) in [6.45, 7) is 2.43. The Kier molecular flexibility index (Phi) is 2.69. The Balaban J connectivity index is 0.000000563. The molecule has 0 saturated heterocycles. The first-order valence-electron chi connectivity index (χ1n) is 5.21. The second-order valence-corrected chi connectivity index (χ2v) is 4.87. The fourth-order valence-corrected chi connectivity index (χ4v) is 4.10. The smallest absolute Gasteiger partial charge is 0 e. The second-order valence-electron chi connectivity index (χ2n) is 4.87. The molecular formula is C11H17Y-. The average molecular weight is 238 g/mol. The molecule has 3 aliphatic rings. The van der Waals surface area contributed by atoms with Gasteiger partial charge >= 0.3 is 0 Å². The van der Waals surface area contributed by atoms with Gasteiger partial charge in [0.25, 0.3) is 0 Å². The minimum absolute atomic E-state index is 0. The molecule has 3 fully saturated rings. The van der Waals surface area contributed by atoms with Gasteiger partial charge in [-0.2, -0.15) is 11.8 Å². The molecule has 0 amide bonds. The quantitative estimate of drug-likeness (QED) is 0.569. The van der Waals surface area contributed by atoms with E-state index in [4.69, 9.17) is 0 Å². The fraction of sp³-hybridized carbons (Fsp3) is 0.909. The molecular weight excluding hydrogens is 221 g/mol. The topological polar surface area (TPSA) is 0 Å². The summed E-state index contributed by atoms with van der Waals surface area (Å²) in [7, 11) is 0. The maximum absolute atomic E-state index is 2.65. The van der Waals surface area contributed by atoms with Gasteiger partial charge in [0.2, 0.25) is 0 Å². The zero-order chi connectivity index (χ0) is 7.42. The summed E-state index contributed by atoms with van der Waals surface area (Å²) >= 11 is 0. The van der Waals surface area contributed by atoms with Crippen LogP contribution in [0.15, 0.2) is 0 Å². The third-order valence-electron chi connectivity index (χ3n) is 4.50. The molecule has 1 heteroatoms. The molecule has 0 spiro atoms. The molecule has 2 bridgehead atoms. The zero-order valence-electron chi connectivity index (χ0n) is 7.87. The molecule has 0 aromatic rings. The van der Waals surface area contributed by atoms with Crippen LogP contribution in [0.3, 0.4) is 0 Å². The molecule has 0 nitrogen and oxygen atoms in total. The Morgan fingerprint density at radius 1 is 1.08 bits per heavy atom. The van der Waals surface area contributed by atoms with Gasteiger partial charge in [-0.05, 0) is 5.92 Å². The number of hydrogen-bond donors (Lipinski definition) is 0. The standard InChI is InChI=1S/C11H17.Y/c1-7-5-8-6-11(7)10-4-2-3-9(8)10;/h5,7-11H,2-4,6H2,1H3;/q-1;. The van der Waals surface area contributed by atoms with E-state index in [2.05, 4.69) is 13.3 Å². The minimum atomic E-state index is 0. The molecule has 65 valence electrons. The van der Waals surface area contributed by atoms with Crippen molar-refractivity contribution >= 4 is 0 Å². The van der Waals surface area contributed by atoms with Gasteiger partial charge < -0.3 is 6.42 Å². The van der Waals surface area contributed by atoms with Gasteiger partial charge in [0.1, 0.15) is 0 Å². The van der Waals surface area contributed by atoms with E-state index in [-0.39, 0.29) is 32.7 Å². The molecule has 0 heterocycles. The molecule has 5 unspecified atom stereocenters. The Morgan fingerprint density at radius 3 is 2.67 bits per heavy atom. The van der Waals surface area contributed by atoms with E-state index >= 15 is 0 Å². The average Bonchev–Trinajstić information content (AvgIpc) is 2.52. The Bertz CT molecular complexity index is 178. The van der Waals surface area contributed by atoms with Crippen molar-refractivity contribution < 1.29 is 32.7 Å². The van der Waals surface area contributed by atoms with Crippen molar-refractivity contribution in [2.75, 3.05) is 0 Å². The second kappa shape index (κ2) is 3.35. The van der Waals surface area contributed by atoms with Crippen LogP contribution in [0.25, 0.3) is 0 Å². The molecule has 0 aliphatic heterocycles. The molecule has 0 aromatic carbocycles. The number of fused-ring (bicyclic) bond motifs is 5. The first kappa shape index (κ1) is 9.65. The van der Waals surface area contributed by atoms with Gasteiger partial charge in [-0.3, -0.25) is 0 Å². The van der Waals surface area contributed by atoms with Crippen LogP contribution in [0.2, 0.25) is 0 Å². The van der Waals surface area contributed by atoms with E-state index in [1.54, 1.807) is 19.3 Å². The van der Waals surface area contributed by atoms with Crippen molar-refractivity contribution in [3.8, 4) is 0 Å². The van der Waals surface area contributed by atoms with Crippen LogP contribution in [0.5, 0.6) is 0 Å². The van der Waals surface area contributed by atoms with Crippen LogP contribution >= 0.6 is 0 Å². The Hall–Kier alpha value is 1.10. The van der Waals surface area contributed by atoms with Crippen molar-refractivity contribution in [3.63, 3.8) is 0 Å². The van der Waals surface area contributed by atoms with Crippen molar-refractivity contribution in [1.82, 2.24) is 0 Å². The van der Waals surface area contributed by atoms with Crippen LogP contribution < -0.4 is 0 Å². The molecule has 3 aliphatic carbocycles. The number of rotatable bonds is 0. The summed E-state index contributed by atoms with van der Waals surface area (Å²) in [5, 5.41) is 0.